The van der Waals surface area contributed by atoms with Gasteiger partial charge >= 0.3 is 5.97 Å². The van der Waals surface area contributed by atoms with E-state index < -0.39 is 23.8 Å². The number of piperidine rings is 1. The van der Waals surface area contributed by atoms with Crippen molar-refractivity contribution in [2.75, 3.05) is 13.1 Å². The van der Waals surface area contributed by atoms with E-state index in [2.05, 4.69) is 5.32 Å². The second kappa shape index (κ2) is 9.17. The van der Waals surface area contributed by atoms with Crippen molar-refractivity contribution in [2.24, 2.45) is 11.8 Å². The molecule has 2 aromatic rings. The Morgan fingerprint density at radius 1 is 1.00 bits per heavy atom. The van der Waals surface area contributed by atoms with Crippen LogP contribution in [0.5, 0.6) is 0 Å². The molecule has 2 N–H and O–H groups in total. The van der Waals surface area contributed by atoms with Gasteiger partial charge < -0.3 is 15.3 Å². The van der Waals surface area contributed by atoms with Gasteiger partial charge in [0.1, 0.15) is 6.04 Å². The summed E-state index contributed by atoms with van der Waals surface area (Å²) in [5.41, 5.74) is 2.77. The second-order valence-electron chi connectivity index (χ2n) is 9.20. The quantitative estimate of drug-likeness (QED) is 0.602. The van der Waals surface area contributed by atoms with Gasteiger partial charge in [-0.25, -0.2) is 0 Å². The first kappa shape index (κ1) is 22.7. The number of benzene rings is 2. The lowest BCUT2D eigenvalue weighted by molar-refractivity contribution is -0.146. The summed E-state index contributed by atoms with van der Waals surface area (Å²) in [6, 6.07) is 11.6. The van der Waals surface area contributed by atoms with E-state index in [1.165, 1.54) is 0 Å². The molecule has 0 radical (unpaired) electrons. The second-order valence-corrected chi connectivity index (χ2v) is 9.20. The standard InChI is InChI=1S/C26H28N2O5/c1-15(2)14-21(25(31)28-12-10-16(11-13-28)26(32)33)27-24(30)20-9-5-8-19-22(20)17-6-3-4-7-18(17)23(19)29/h3-9,15-16,21H,10-14H2,1-2H3,(H,27,30)(H,32,33). The first-order chi connectivity index (χ1) is 15.8. The van der Waals surface area contributed by atoms with Crippen molar-refractivity contribution in [2.45, 2.75) is 39.2 Å². The molecule has 1 fully saturated rings. The van der Waals surface area contributed by atoms with E-state index in [0.717, 1.165) is 5.56 Å². The number of nitrogens with zero attached hydrogens (tertiary/aromatic N) is 1. The summed E-state index contributed by atoms with van der Waals surface area (Å²) >= 11 is 0. The minimum absolute atomic E-state index is 0.105. The largest absolute Gasteiger partial charge is 0.481 e. The third-order valence-electron chi connectivity index (χ3n) is 6.46. The molecule has 1 unspecified atom stereocenters. The molecule has 4 rings (SSSR count). The van der Waals surface area contributed by atoms with Crippen molar-refractivity contribution >= 4 is 23.6 Å². The number of aliphatic carboxylic acids is 1. The number of rotatable bonds is 6. The van der Waals surface area contributed by atoms with Gasteiger partial charge in [0, 0.05) is 35.3 Å². The summed E-state index contributed by atoms with van der Waals surface area (Å²) in [5.74, 6) is -1.79. The van der Waals surface area contributed by atoms with E-state index in [-0.39, 0.29) is 17.6 Å². The highest BCUT2D eigenvalue weighted by molar-refractivity contribution is 6.24. The molecule has 0 spiro atoms. The van der Waals surface area contributed by atoms with Gasteiger partial charge in [-0.05, 0) is 36.8 Å². The molecular weight excluding hydrogens is 420 g/mol. The molecule has 1 aliphatic carbocycles. The lowest BCUT2D eigenvalue weighted by Crippen LogP contribution is -2.51. The number of carbonyl (C=O) groups is 4. The van der Waals surface area contributed by atoms with Crippen LogP contribution in [0.15, 0.2) is 42.5 Å². The first-order valence-corrected chi connectivity index (χ1v) is 11.4. The molecule has 0 saturated carbocycles. The Morgan fingerprint density at radius 3 is 2.27 bits per heavy atom. The van der Waals surface area contributed by atoms with Crippen LogP contribution in [0, 0.1) is 11.8 Å². The summed E-state index contributed by atoms with van der Waals surface area (Å²) < 4.78 is 0. The zero-order valence-electron chi connectivity index (χ0n) is 18.8. The zero-order valence-corrected chi connectivity index (χ0v) is 18.8. The van der Waals surface area contributed by atoms with Gasteiger partial charge in [-0.15, -0.1) is 0 Å². The lowest BCUT2D eigenvalue weighted by Gasteiger charge is -2.33. The van der Waals surface area contributed by atoms with Gasteiger partial charge in [-0.2, -0.15) is 0 Å². The van der Waals surface area contributed by atoms with Crippen molar-refractivity contribution in [1.29, 1.82) is 0 Å². The zero-order chi connectivity index (χ0) is 23.7. The van der Waals surface area contributed by atoms with Crippen molar-refractivity contribution in [3.05, 3.63) is 59.2 Å². The average molecular weight is 449 g/mol. The fraction of sp³-hybridized carbons (Fsp3) is 0.385. The molecule has 2 aromatic carbocycles. The summed E-state index contributed by atoms with van der Waals surface area (Å²) in [6.07, 6.45) is 1.29. The average Bonchev–Trinajstić information content (AvgIpc) is 3.10. The number of hydrogen-bond donors (Lipinski definition) is 2. The number of likely N-dealkylation sites (tertiary alicyclic amines) is 1. The van der Waals surface area contributed by atoms with Gasteiger partial charge in [0.25, 0.3) is 5.91 Å². The van der Waals surface area contributed by atoms with Gasteiger partial charge in [0.2, 0.25) is 5.91 Å². The van der Waals surface area contributed by atoms with E-state index in [0.29, 0.717) is 54.6 Å². The van der Waals surface area contributed by atoms with Crippen LogP contribution < -0.4 is 5.32 Å². The Hall–Kier alpha value is -3.48. The fourth-order valence-electron chi connectivity index (χ4n) is 4.76. The fourth-order valence-corrected chi connectivity index (χ4v) is 4.76. The third kappa shape index (κ3) is 4.40. The SMILES string of the molecule is CC(C)CC(NC(=O)c1cccc2c1-c1ccccc1C2=O)C(=O)N1CCC(C(=O)O)CC1. The minimum atomic E-state index is -0.832. The molecule has 1 saturated heterocycles. The summed E-state index contributed by atoms with van der Waals surface area (Å²) in [7, 11) is 0. The van der Waals surface area contributed by atoms with Crippen LogP contribution in [-0.2, 0) is 9.59 Å². The Morgan fingerprint density at radius 2 is 1.64 bits per heavy atom. The van der Waals surface area contributed by atoms with Crippen LogP contribution in [0.2, 0.25) is 0 Å². The molecule has 0 bridgehead atoms. The van der Waals surface area contributed by atoms with Crippen molar-refractivity contribution in [3.8, 4) is 11.1 Å². The molecule has 0 aromatic heterocycles. The predicted octanol–water partition coefficient (Wildman–Crippen LogP) is 3.37. The number of carbonyl (C=O) groups excluding carboxylic acids is 3. The number of ketones is 1. The van der Waals surface area contributed by atoms with E-state index in [9.17, 15) is 24.3 Å². The van der Waals surface area contributed by atoms with Gasteiger partial charge in [-0.1, -0.05) is 50.2 Å². The van der Waals surface area contributed by atoms with E-state index in [1.54, 1.807) is 35.2 Å². The maximum atomic E-state index is 13.4. The summed E-state index contributed by atoms with van der Waals surface area (Å²) in [6.45, 7) is 4.70. The van der Waals surface area contributed by atoms with Crippen LogP contribution in [0.25, 0.3) is 11.1 Å². The van der Waals surface area contributed by atoms with Crippen molar-refractivity contribution in [3.63, 3.8) is 0 Å². The number of nitrogens with one attached hydrogen (secondary N) is 1. The number of fused-ring (bicyclic) bond motifs is 3. The summed E-state index contributed by atoms with van der Waals surface area (Å²) in [5, 5.41) is 12.1. The molecule has 1 atom stereocenters. The monoisotopic (exact) mass is 448 g/mol. The normalized spacial score (nSPS) is 16.3. The molecule has 1 aliphatic heterocycles. The Kier molecular flexibility index (Phi) is 6.31. The van der Waals surface area contributed by atoms with Crippen LogP contribution in [-0.4, -0.2) is 52.7 Å². The van der Waals surface area contributed by atoms with Crippen molar-refractivity contribution < 1.29 is 24.3 Å². The highest BCUT2D eigenvalue weighted by Crippen LogP contribution is 2.38. The molecule has 1 heterocycles. The topological polar surface area (TPSA) is 104 Å². The van der Waals surface area contributed by atoms with Crippen molar-refractivity contribution in [1.82, 2.24) is 10.2 Å². The Bertz CT molecular complexity index is 1120. The van der Waals surface area contributed by atoms with Crippen LogP contribution in [0.1, 0.15) is 59.4 Å². The first-order valence-electron chi connectivity index (χ1n) is 11.4. The third-order valence-corrected chi connectivity index (χ3v) is 6.46. The van der Waals surface area contributed by atoms with Gasteiger partial charge in [0.15, 0.2) is 5.78 Å². The van der Waals surface area contributed by atoms with Crippen LogP contribution >= 0.6 is 0 Å². The van der Waals surface area contributed by atoms with Gasteiger partial charge in [0.05, 0.1) is 5.92 Å². The smallest absolute Gasteiger partial charge is 0.306 e. The Labute approximate surface area is 192 Å². The lowest BCUT2D eigenvalue weighted by atomic mass is 9.95. The molecule has 7 heteroatoms. The molecular formula is C26H28N2O5. The maximum Gasteiger partial charge on any atom is 0.306 e. The molecule has 7 nitrogen and oxygen atoms in total. The number of hydrogen-bond acceptors (Lipinski definition) is 4. The number of carboxylic acids is 1. The molecule has 33 heavy (non-hydrogen) atoms. The van der Waals surface area contributed by atoms with Crippen LogP contribution in [0.4, 0.5) is 0 Å². The van der Waals surface area contributed by atoms with Gasteiger partial charge in [-0.3, -0.25) is 19.2 Å². The summed E-state index contributed by atoms with van der Waals surface area (Å²) in [4.78, 5) is 52.3. The highest BCUT2D eigenvalue weighted by atomic mass is 16.4. The van der Waals surface area contributed by atoms with Crippen LogP contribution in [0.3, 0.4) is 0 Å². The highest BCUT2D eigenvalue weighted by Gasteiger charge is 2.34. The van der Waals surface area contributed by atoms with E-state index in [1.807, 2.05) is 26.0 Å². The molecule has 172 valence electrons. The predicted molar refractivity (Wildman–Crippen MR) is 123 cm³/mol. The maximum absolute atomic E-state index is 13.4. The van der Waals surface area contributed by atoms with E-state index >= 15 is 0 Å². The van der Waals surface area contributed by atoms with E-state index in [4.69, 9.17) is 0 Å². The Balaban J connectivity index is 1.57. The molecule has 2 aliphatic rings. The number of amides is 2. The number of carboxylic acid groups (broad SMARTS) is 1. The minimum Gasteiger partial charge on any atom is -0.481 e. The molecule has 2 amide bonds.